The molecule has 0 bridgehead atoms. The Morgan fingerprint density at radius 1 is 1.29 bits per heavy atom. The minimum Gasteiger partial charge on any atom is -0.456 e. The van der Waals surface area contributed by atoms with E-state index in [-0.39, 0.29) is 5.69 Å². The zero-order valence-electron chi connectivity index (χ0n) is 11.5. The summed E-state index contributed by atoms with van der Waals surface area (Å²) in [5.41, 5.74) is 7.26. The molecule has 21 heavy (non-hydrogen) atoms. The fourth-order valence-corrected chi connectivity index (χ4v) is 2.35. The second-order valence-corrected chi connectivity index (χ2v) is 5.47. The molecule has 2 aromatic carbocycles. The third kappa shape index (κ3) is 3.80. The van der Waals surface area contributed by atoms with Gasteiger partial charge in [0.15, 0.2) is 0 Å². The van der Waals surface area contributed by atoms with Crippen molar-refractivity contribution in [1.29, 1.82) is 0 Å². The maximum Gasteiger partial charge on any atom is 0.273 e. The Kier molecular flexibility index (Phi) is 4.93. The van der Waals surface area contributed by atoms with Gasteiger partial charge in [-0.1, -0.05) is 12.1 Å². The lowest BCUT2D eigenvalue weighted by atomic mass is 10.1. The number of nitro groups is 1. The molecule has 2 aromatic rings. The first-order chi connectivity index (χ1) is 10.0. The Morgan fingerprint density at radius 2 is 1.95 bits per heavy atom. The first-order valence-electron chi connectivity index (χ1n) is 6.42. The highest BCUT2D eigenvalue weighted by Crippen LogP contribution is 2.35. The number of ether oxygens (including phenoxy) is 1. The van der Waals surface area contributed by atoms with Crippen LogP contribution in [0.5, 0.6) is 11.5 Å². The molecule has 110 valence electrons. The Hall–Kier alpha value is -1.92. The molecule has 0 aliphatic rings. The molecule has 0 unspecified atom stereocenters. The summed E-state index contributed by atoms with van der Waals surface area (Å²) in [6.07, 6.45) is 0.820. The summed E-state index contributed by atoms with van der Waals surface area (Å²) < 4.78 is 6.30. The van der Waals surface area contributed by atoms with Crippen LogP contribution in [0.2, 0.25) is 0 Å². The summed E-state index contributed by atoms with van der Waals surface area (Å²) in [5.74, 6) is 1.22. The van der Waals surface area contributed by atoms with Gasteiger partial charge >= 0.3 is 0 Å². The molecular weight excluding hydrogens is 336 g/mol. The van der Waals surface area contributed by atoms with Crippen LogP contribution in [0.15, 0.2) is 40.9 Å². The Bertz CT molecular complexity index is 657. The van der Waals surface area contributed by atoms with Gasteiger partial charge in [0.1, 0.15) is 11.5 Å². The van der Waals surface area contributed by atoms with Gasteiger partial charge in [0.25, 0.3) is 5.69 Å². The van der Waals surface area contributed by atoms with Gasteiger partial charge in [-0.2, -0.15) is 0 Å². The zero-order valence-corrected chi connectivity index (χ0v) is 13.1. The molecule has 0 aromatic heterocycles. The van der Waals surface area contributed by atoms with Gasteiger partial charge in [0.05, 0.1) is 9.40 Å². The largest absolute Gasteiger partial charge is 0.456 e. The van der Waals surface area contributed by atoms with Crippen molar-refractivity contribution in [2.75, 3.05) is 6.54 Å². The predicted molar refractivity (Wildman–Crippen MR) is 84.8 cm³/mol. The second-order valence-electron chi connectivity index (χ2n) is 4.61. The summed E-state index contributed by atoms with van der Waals surface area (Å²) in [6.45, 7) is 2.29. The van der Waals surface area contributed by atoms with E-state index in [9.17, 15) is 10.1 Å². The monoisotopic (exact) mass is 350 g/mol. The summed E-state index contributed by atoms with van der Waals surface area (Å²) >= 11 is 3.30. The molecule has 0 aliphatic heterocycles. The molecule has 0 radical (unpaired) electrons. The van der Waals surface area contributed by atoms with Crippen molar-refractivity contribution < 1.29 is 9.66 Å². The molecule has 0 fully saturated rings. The Labute approximate surface area is 131 Å². The lowest BCUT2D eigenvalue weighted by Gasteiger charge is -2.09. The molecule has 0 spiro atoms. The molecule has 0 atom stereocenters. The van der Waals surface area contributed by atoms with Crippen LogP contribution in [0.4, 0.5) is 5.69 Å². The predicted octanol–water partition coefficient (Wildman–Crippen LogP) is 3.96. The van der Waals surface area contributed by atoms with Gasteiger partial charge < -0.3 is 10.5 Å². The van der Waals surface area contributed by atoms with E-state index in [0.29, 0.717) is 28.1 Å². The lowest BCUT2D eigenvalue weighted by molar-refractivity contribution is -0.385. The van der Waals surface area contributed by atoms with Crippen molar-refractivity contribution in [1.82, 2.24) is 0 Å². The average Bonchev–Trinajstić information content (AvgIpc) is 2.44. The summed E-state index contributed by atoms with van der Waals surface area (Å²) in [4.78, 5) is 10.5. The highest BCUT2D eigenvalue weighted by molar-refractivity contribution is 9.10. The smallest absolute Gasteiger partial charge is 0.273 e. The average molecular weight is 351 g/mol. The summed E-state index contributed by atoms with van der Waals surface area (Å²) in [7, 11) is 0. The SMILES string of the molecule is Cc1cc(Oc2ccc(CCN)cc2)c(Br)cc1[N+](=O)[O-]. The van der Waals surface area contributed by atoms with Gasteiger partial charge in [-0.15, -0.1) is 0 Å². The molecule has 0 saturated carbocycles. The third-order valence-electron chi connectivity index (χ3n) is 3.03. The normalized spacial score (nSPS) is 10.4. The van der Waals surface area contributed by atoms with Crippen molar-refractivity contribution in [2.45, 2.75) is 13.3 Å². The highest BCUT2D eigenvalue weighted by atomic mass is 79.9. The molecular formula is C15H15BrN2O3. The molecule has 0 heterocycles. The number of halogens is 1. The van der Waals surface area contributed by atoms with E-state index in [0.717, 1.165) is 12.0 Å². The number of benzene rings is 2. The van der Waals surface area contributed by atoms with E-state index in [2.05, 4.69) is 15.9 Å². The van der Waals surface area contributed by atoms with Crippen LogP contribution in [0.1, 0.15) is 11.1 Å². The number of hydrogen-bond acceptors (Lipinski definition) is 4. The molecule has 5 nitrogen and oxygen atoms in total. The van der Waals surface area contributed by atoms with Crippen LogP contribution in [0.3, 0.4) is 0 Å². The van der Waals surface area contributed by atoms with Crippen LogP contribution < -0.4 is 10.5 Å². The van der Waals surface area contributed by atoms with Gasteiger partial charge in [0, 0.05) is 11.6 Å². The van der Waals surface area contributed by atoms with Crippen LogP contribution in [0.25, 0.3) is 0 Å². The number of rotatable bonds is 5. The fourth-order valence-electron chi connectivity index (χ4n) is 1.94. The highest BCUT2D eigenvalue weighted by Gasteiger charge is 2.15. The maximum absolute atomic E-state index is 10.9. The molecule has 2 N–H and O–H groups in total. The van der Waals surface area contributed by atoms with Gasteiger partial charge in [-0.05, 0) is 59.6 Å². The molecule has 2 rings (SSSR count). The number of nitrogens with zero attached hydrogens (tertiary/aromatic N) is 1. The molecule has 0 saturated heterocycles. The van der Waals surface area contributed by atoms with Crippen molar-refractivity contribution in [3.8, 4) is 11.5 Å². The van der Waals surface area contributed by atoms with E-state index < -0.39 is 4.92 Å². The quantitative estimate of drug-likeness (QED) is 0.653. The standard InChI is InChI=1S/C15H15BrN2O3/c1-10-8-15(13(16)9-14(10)18(19)20)21-12-4-2-11(3-5-12)6-7-17/h2-5,8-9H,6-7,17H2,1H3. The maximum atomic E-state index is 10.9. The fraction of sp³-hybridized carbons (Fsp3) is 0.200. The van der Waals surface area contributed by atoms with Gasteiger partial charge in [-0.25, -0.2) is 0 Å². The molecule has 0 amide bonds. The number of hydrogen-bond donors (Lipinski definition) is 1. The van der Waals surface area contributed by atoms with E-state index in [1.54, 1.807) is 13.0 Å². The van der Waals surface area contributed by atoms with E-state index >= 15 is 0 Å². The van der Waals surface area contributed by atoms with Gasteiger partial charge in [0.2, 0.25) is 0 Å². The number of aryl methyl sites for hydroxylation is 1. The van der Waals surface area contributed by atoms with Gasteiger partial charge in [-0.3, -0.25) is 10.1 Å². The lowest BCUT2D eigenvalue weighted by Crippen LogP contribution is -2.02. The summed E-state index contributed by atoms with van der Waals surface area (Å²) in [6, 6.07) is 10.7. The van der Waals surface area contributed by atoms with Crippen molar-refractivity contribution in [2.24, 2.45) is 5.73 Å². The minimum atomic E-state index is -0.411. The van der Waals surface area contributed by atoms with Crippen LogP contribution in [-0.4, -0.2) is 11.5 Å². The third-order valence-corrected chi connectivity index (χ3v) is 3.65. The summed E-state index contributed by atoms with van der Waals surface area (Å²) in [5, 5.41) is 10.9. The van der Waals surface area contributed by atoms with Crippen molar-refractivity contribution in [3.63, 3.8) is 0 Å². The molecule has 0 aliphatic carbocycles. The first-order valence-corrected chi connectivity index (χ1v) is 7.22. The van der Waals surface area contributed by atoms with E-state index in [4.69, 9.17) is 10.5 Å². The molecule has 6 heteroatoms. The zero-order chi connectivity index (χ0) is 15.4. The second kappa shape index (κ2) is 6.69. The first kappa shape index (κ1) is 15.5. The van der Waals surface area contributed by atoms with Crippen molar-refractivity contribution in [3.05, 3.63) is 62.1 Å². The minimum absolute atomic E-state index is 0.0625. The van der Waals surface area contributed by atoms with Crippen molar-refractivity contribution >= 4 is 21.6 Å². The number of nitro benzene ring substituents is 1. The Balaban J connectivity index is 2.23. The van der Waals surface area contributed by atoms with Crippen LogP contribution >= 0.6 is 15.9 Å². The van der Waals surface area contributed by atoms with Crippen LogP contribution in [-0.2, 0) is 6.42 Å². The van der Waals surface area contributed by atoms with E-state index in [1.165, 1.54) is 6.07 Å². The van der Waals surface area contributed by atoms with Crippen LogP contribution in [0, 0.1) is 17.0 Å². The topological polar surface area (TPSA) is 78.4 Å². The Morgan fingerprint density at radius 3 is 2.52 bits per heavy atom. The van der Waals surface area contributed by atoms with E-state index in [1.807, 2.05) is 24.3 Å². The number of nitrogens with two attached hydrogens (primary N) is 1.